The fourth-order valence-electron chi connectivity index (χ4n) is 2.56. The van der Waals surface area contributed by atoms with Crippen LogP contribution in [0.1, 0.15) is 11.1 Å². The first kappa shape index (κ1) is 14.3. The van der Waals surface area contributed by atoms with E-state index >= 15 is 0 Å². The molecule has 10 heteroatoms. The van der Waals surface area contributed by atoms with Crippen molar-refractivity contribution in [3.05, 3.63) is 71.8 Å². The average molecular weight is 314 g/mol. The Morgan fingerprint density at radius 1 is 0.739 bits per heavy atom. The Balaban J connectivity index is 2.34. The molecule has 0 heterocycles. The van der Waals surface area contributed by atoms with Crippen LogP contribution in [0.25, 0.3) is 11.1 Å². The van der Waals surface area contributed by atoms with Gasteiger partial charge < -0.3 is 0 Å². The van der Waals surface area contributed by atoms with E-state index in [2.05, 4.69) is 0 Å². The van der Waals surface area contributed by atoms with Crippen LogP contribution >= 0.6 is 0 Å². The predicted molar refractivity (Wildman–Crippen MR) is 77.8 cm³/mol. The molecule has 0 bridgehead atoms. The van der Waals surface area contributed by atoms with Crippen molar-refractivity contribution in [2.75, 3.05) is 0 Å². The summed E-state index contributed by atoms with van der Waals surface area (Å²) in [7, 11) is 0. The highest BCUT2D eigenvalue weighted by molar-refractivity contribution is 6.25. The van der Waals surface area contributed by atoms with Crippen molar-refractivity contribution in [2.24, 2.45) is 0 Å². The van der Waals surface area contributed by atoms with E-state index in [1.165, 1.54) is 12.1 Å². The lowest BCUT2D eigenvalue weighted by Crippen LogP contribution is -2.00. The van der Waals surface area contributed by atoms with Crippen LogP contribution in [-0.4, -0.2) is 20.5 Å². The third-order valence-electron chi connectivity index (χ3n) is 3.53. The topological polar surface area (TPSA) is 153 Å². The van der Waals surface area contributed by atoms with E-state index in [0.717, 1.165) is 18.2 Å². The average Bonchev–Trinajstić information content (AvgIpc) is 2.79. The zero-order valence-electron chi connectivity index (χ0n) is 11.2. The molecule has 0 fully saturated rings. The molecular formula is C13H6N4O6. The first-order valence-electron chi connectivity index (χ1n) is 6.16. The fourth-order valence-corrected chi connectivity index (χ4v) is 2.56. The molecule has 0 spiro atoms. The Morgan fingerprint density at radius 3 is 1.91 bits per heavy atom. The lowest BCUT2D eigenvalue weighted by atomic mass is 10.0. The largest absolute Gasteiger partial charge is 0.300 e. The number of benzene rings is 2. The fraction of sp³-hybridized carbons (Fsp3) is 0. The van der Waals surface area contributed by atoms with Gasteiger partial charge in [-0.25, -0.2) is 0 Å². The van der Waals surface area contributed by atoms with E-state index in [1.807, 2.05) is 0 Å². The van der Waals surface area contributed by atoms with Crippen molar-refractivity contribution in [2.45, 2.75) is 0 Å². The summed E-state index contributed by atoms with van der Waals surface area (Å²) in [6, 6.07) is 5.51. The highest BCUT2D eigenvalue weighted by Gasteiger charge is 2.34. The van der Waals surface area contributed by atoms with Gasteiger partial charge in [-0.3, -0.25) is 35.8 Å². The van der Waals surface area contributed by atoms with Gasteiger partial charge in [0.25, 0.3) is 17.1 Å². The minimum atomic E-state index is -0.786. The van der Waals surface area contributed by atoms with E-state index in [0.29, 0.717) is 0 Å². The van der Waals surface area contributed by atoms with Gasteiger partial charge >= 0.3 is 0 Å². The number of hydrogen-bond acceptors (Lipinski definition) is 7. The van der Waals surface area contributed by atoms with Gasteiger partial charge in [-0.1, -0.05) is 0 Å². The van der Waals surface area contributed by atoms with Crippen LogP contribution in [0.4, 0.5) is 17.1 Å². The quantitative estimate of drug-likeness (QED) is 0.579. The molecular weight excluding hydrogens is 308 g/mol. The second-order valence-electron chi connectivity index (χ2n) is 4.76. The maximum absolute atomic E-state index is 11.2. The number of nitro benzene ring substituents is 3. The lowest BCUT2D eigenvalue weighted by molar-refractivity contribution is -0.393. The number of non-ortho nitro benzene ring substituents is 2. The zero-order chi connectivity index (χ0) is 16.9. The first-order chi connectivity index (χ1) is 10.8. The first-order valence-corrected chi connectivity index (χ1v) is 6.16. The summed E-state index contributed by atoms with van der Waals surface area (Å²) in [4.78, 5) is 30.8. The minimum absolute atomic E-state index is 0.0152. The van der Waals surface area contributed by atoms with E-state index in [4.69, 9.17) is 5.41 Å². The molecule has 0 amide bonds. The number of nitro groups is 3. The Morgan fingerprint density at radius 2 is 1.35 bits per heavy atom. The molecule has 3 rings (SSSR count). The molecule has 0 radical (unpaired) electrons. The third-order valence-corrected chi connectivity index (χ3v) is 3.53. The Kier molecular flexibility index (Phi) is 2.89. The van der Waals surface area contributed by atoms with Gasteiger partial charge in [0, 0.05) is 29.3 Å². The number of rotatable bonds is 3. The summed E-state index contributed by atoms with van der Waals surface area (Å²) in [6.07, 6.45) is 0. The minimum Gasteiger partial charge on any atom is -0.300 e. The van der Waals surface area contributed by atoms with Gasteiger partial charge in [0.15, 0.2) is 0 Å². The molecule has 0 aromatic heterocycles. The van der Waals surface area contributed by atoms with Crippen LogP contribution in [0.15, 0.2) is 30.3 Å². The summed E-state index contributed by atoms with van der Waals surface area (Å²) in [5.74, 6) is 0. The van der Waals surface area contributed by atoms with Crippen LogP contribution in [-0.2, 0) is 0 Å². The standard InChI is InChI=1S/C13H6N4O6/c14-13-9-3-6(15(18)19)1-2-8(9)12-10(13)4-7(16(20)21)5-11(12)17(22)23/h1-5,14H. The summed E-state index contributed by atoms with van der Waals surface area (Å²) < 4.78 is 0. The monoisotopic (exact) mass is 314 g/mol. The summed E-state index contributed by atoms with van der Waals surface area (Å²) >= 11 is 0. The van der Waals surface area contributed by atoms with Gasteiger partial charge in [0.05, 0.1) is 32.1 Å². The summed E-state index contributed by atoms with van der Waals surface area (Å²) in [5.41, 5.74) is -1.01. The van der Waals surface area contributed by atoms with Gasteiger partial charge in [0.2, 0.25) is 0 Å². The van der Waals surface area contributed by atoms with Crippen molar-refractivity contribution < 1.29 is 14.8 Å². The van der Waals surface area contributed by atoms with E-state index in [9.17, 15) is 30.3 Å². The Hall–Kier alpha value is -3.69. The summed E-state index contributed by atoms with van der Waals surface area (Å²) in [5, 5.41) is 41.0. The number of nitrogens with one attached hydrogen (secondary N) is 1. The molecule has 0 saturated carbocycles. The maximum atomic E-state index is 11.2. The van der Waals surface area contributed by atoms with Crippen molar-refractivity contribution in [3.63, 3.8) is 0 Å². The molecule has 2 aromatic carbocycles. The highest BCUT2D eigenvalue weighted by atomic mass is 16.6. The van der Waals surface area contributed by atoms with E-state index in [-0.39, 0.29) is 33.7 Å². The maximum Gasteiger partial charge on any atom is 0.284 e. The molecule has 0 aliphatic heterocycles. The van der Waals surface area contributed by atoms with E-state index < -0.39 is 26.1 Å². The Labute approximate surface area is 126 Å². The Bertz CT molecular complexity index is 936. The van der Waals surface area contributed by atoms with Crippen molar-refractivity contribution in [1.82, 2.24) is 0 Å². The number of hydrogen-bond donors (Lipinski definition) is 1. The van der Waals surface area contributed by atoms with Crippen LogP contribution in [0, 0.1) is 35.8 Å². The van der Waals surface area contributed by atoms with Gasteiger partial charge in [0.1, 0.15) is 0 Å². The molecule has 1 aliphatic carbocycles. The van der Waals surface area contributed by atoms with Crippen molar-refractivity contribution in [3.8, 4) is 11.1 Å². The van der Waals surface area contributed by atoms with E-state index in [1.54, 1.807) is 0 Å². The molecule has 2 aromatic rings. The highest BCUT2D eigenvalue weighted by Crippen LogP contribution is 2.45. The van der Waals surface area contributed by atoms with Crippen LogP contribution in [0.5, 0.6) is 0 Å². The molecule has 10 nitrogen and oxygen atoms in total. The molecule has 114 valence electrons. The number of nitrogens with zero attached hydrogens (tertiary/aromatic N) is 3. The molecule has 23 heavy (non-hydrogen) atoms. The van der Waals surface area contributed by atoms with Gasteiger partial charge in [-0.15, -0.1) is 0 Å². The molecule has 0 saturated heterocycles. The van der Waals surface area contributed by atoms with Gasteiger partial charge in [-0.2, -0.15) is 0 Å². The van der Waals surface area contributed by atoms with Crippen LogP contribution in [0.2, 0.25) is 0 Å². The third kappa shape index (κ3) is 2.00. The zero-order valence-corrected chi connectivity index (χ0v) is 11.2. The van der Waals surface area contributed by atoms with Crippen molar-refractivity contribution in [1.29, 1.82) is 5.41 Å². The normalized spacial score (nSPS) is 11.7. The number of fused-ring (bicyclic) bond motifs is 3. The summed E-state index contributed by atoms with van der Waals surface area (Å²) in [6.45, 7) is 0. The van der Waals surface area contributed by atoms with Crippen LogP contribution < -0.4 is 0 Å². The molecule has 0 atom stereocenters. The SMILES string of the molecule is N=C1c2cc([N+](=O)[O-])ccc2-c2c1cc([N+](=O)[O-])cc2[N+](=O)[O-]. The molecule has 0 unspecified atom stereocenters. The van der Waals surface area contributed by atoms with Crippen LogP contribution in [0.3, 0.4) is 0 Å². The van der Waals surface area contributed by atoms with Crippen molar-refractivity contribution >= 4 is 22.8 Å². The lowest BCUT2D eigenvalue weighted by Gasteiger charge is -2.02. The predicted octanol–water partition coefficient (Wildman–Crippen LogP) is 2.81. The molecule has 1 aliphatic rings. The second-order valence-corrected chi connectivity index (χ2v) is 4.76. The smallest absolute Gasteiger partial charge is 0.284 e. The van der Waals surface area contributed by atoms with Gasteiger partial charge in [-0.05, 0) is 11.6 Å². The second kappa shape index (κ2) is 4.66. The molecule has 1 N–H and O–H groups in total.